The highest BCUT2D eigenvalue weighted by Crippen LogP contribution is 2.46. The van der Waals surface area contributed by atoms with Crippen molar-refractivity contribution in [2.24, 2.45) is 0 Å². The molecule has 12 heteroatoms. The van der Waals surface area contributed by atoms with Gasteiger partial charge in [-0.2, -0.15) is 0 Å². The van der Waals surface area contributed by atoms with Gasteiger partial charge in [-0.05, 0) is 67.1 Å². The molecule has 0 aliphatic carbocycles. The summed E-state index contributed by atoms with van der Waals surface area (Å²) in [6.07, 6.45) is 1.59. The Morgan fingerprint density at radius 1 is 1.12 bits per heavy atom. The van der Waals surface area contributed by atoms with Crippen LogP contribution in [0.3, 0.4) is 0 Å². The number of rotatable bonds is 10. The number of nitrogens with zero attached hydrogens (tertiary/aromatic N) is 5. The summed E-state index contributed by atoms with van der Waals surface area (Å²) in [6, 6.07) is 15.4. The van der Waals surface area contributed by atoms with E-state index in [2.05, 4.69) is 20.1 Å². The number of fused-ring (bicyclic) bond motifs is 3. The highest BCUT2D eigenvalue weighted by Gasteiger charge is 2.33. The van der Waals surface area contributed by atoms with Crippen LogP contribution in [0.15, 0.2) is 54.7 Å². The maximum Gasteiger partial charge on any atom is 0.335 e. The molecule has 1 aliphatic heterocycles. The first-order valence-electron chi connectivity index (χ1n) is 12.7. The van der Waals surface area contributed by atoms with E-state index in [0.29, 0.717) is 35.3 Å². The van der Waals surface area contributed by atoms with Crippen LogP contribution in [0.25, 0.3) is 5.69 Å². The second kappa shape index (κ2) is 11.3. The molecular formula is C28H30ClN5O6. The number of ether oxygens (including phenoxy) is 4. The summed E-state index contributed by atoms with van der Waals surface area (Å²) in [5.41, 5.74) is 2.19. The lowest BCUT2D eigenvalue weighted by Gasteiger charge is -2.25. The molecule has 0 bridgehead atoms. The van der Waals surface area contributed by atoms with Gasteiger partial charge in [-0.15, -0.1) is 5.10 Å². The lowest BCUT2D eigenvalue weighted by molar-refractivity contribution is -0.163. The normalized spacial score (nSPS) is 16.6. The van der Waals surface area contributed by atoms with Gasteiger partial charge in [0.05, 0.1) is 25.6 Å². The number of carboxylic acid groups (broad SMARTS) is 1. The number of halogens is 1. The molecule has 2 atom stereocenters. The van der Waals surface area contributed by atoms with Gasteiger partial charge in [0.15, 0.2) is 22.9 Å². The minimum atomic E-state index is -1.38. The Kier molecular flexibility index (Phi) is 7.79. The maximum absolute atomic E-state index is 11.4. The van der Waals surface area contributed by atoms with Gasteiger partial charge in [-0.1, -0.05) is 23.7 Å². The van der Waals surface area contributed by atoms with E-state index in [0.717, 1.165) is 22.5 Å². The number of aromatic nitrogens is 5. The molecule has 210 valence electrons. The van der Waals surface area contributed by atoms with Crippen molar-refractivity contribution in [2.45, 2.75) is 51.2 Å². The van der Waals surface area contributed by atoms with Gasteiger partial charge in [-0.3, -0.25) is 0 Å². The summed E-state index contributed by atoms with van der Waals surface area (Å²) in [4.78, 5) is 11.4. The molecule has 2 aromatic heterocycles. The minimum absolute atomic E-state index is 0.0538. The molecule has 5 rings (SSSR count). The molecular weight excluding hydrogens is 538 g/mol. The number of benzene rings is 2. The van der Waals surface area contributed by atoms with Crippen molar-refractivity contribution in [3.8, 4) is 17.2 Å². The second-order valence-corrected chi connectivity index (χ2v) is 10.2. The number of aliphatic carboxylic acids is 1. The Morgan fingerprint density at radius 3 is 2.70 bits per heavy atom. The average molecular weight is 568 g/mol. The van der Waals surface area contributed by atoms with E-state index in [1.807, 2.05) is 54.7 Å². The van der Waals surface area contributed by atoms with Crippen molar-refractivity contribution < 1.29 is 28.8 Å². The van der Waals surface area contributed by atoms with Crippen LogP contribution in [0.5, 0.6) is 11.5 Å². The number of carboxylic acids is 1. The third-order valence-corrected chi connectivity index (χ3v) is 7.18. The molecule has 40 heavy (non-hydrogen) atoms. The topological polar surface area (TPSA) is 123 Å². The third kappa shape index (κ3) is 5.27. The Morgan fingerprint density at radius 2 is 1.95 bits per heavy atom. The highest BCUT2D eigenvalue weighted by atomic mass is 35.5. The number of carbonyl (C=O) groups is 1. The molecule has 3 heterocycles. The van der Waals surface area contributed by atoms with Crippen LogP contribution in [-0.4, -0.2) is 55.7 Å². The van der Waals surface area contributed by atoms with Crippen molar-refractivity contribution >= 4 is 17.6 Å². The first kappa shape index (κ1) is 27.6. The SMILES string of the molecule is COc1cccc([C@H]2O[C@H](CCn3nnnc3COC(C)(C)C(=O)O)c3cccn3-c3ccc(Cl)cc32)c1OC. The molecule has 0 saturated carbocycles. The fourth-order valence-corrected chi connectivity index (χ4v) is 4.94. The van der Waals surface area contributed by atoms with Gasteiger partial charge in [0.1, 0.15) is 18.8 Å². The summed E-state index contributed by atoms with van der Waals surface area (Å²) < 4.78 is 27.5. The van der Waals surface area contributed by atoms with Gasteiger partial charge < -0.3 is 28.6 Å². The van der Waals surface area contributed by atoms with Gasteiger partial charge in [0.25, 0.3) is 0 Å². The first-order valence-corrected chi connectivity index (χ1v) is 13.1. The van der Waals surface area contributed by atoms with Gasteiger partial charge in [-0.25, -0.2) is 9.48 Å². The lowest BCUT2D eigenvalue weighted by Crippen LogP contribution is -2.34. The summed E-state index contributed by atoms with van der Waals surface area (Å²) >= 11 is 6.48. The van der Waals surface area contributed by atoms with Crippen molar-refractivity contribution in [2.75, 3.05) is 14.2 Å². The molecule has 0 fully saturated rings. The van der Waals surface area contributed by atoms with Gasteiger partial charge in [0.2, 0.25) is 0 Å². The second-order valence-electron chi connectivity index (χ2n) is 9.80. The van der Waals surface area contributed by atoms with Gasteiger partial charge >= 0.3 is 5.97 Å². The Hall–Kier alpha value is -3.93. The van der Waals surface area contributed by atoms with Crippen molar-refractivity contribution in [1.29, 1.82) is 0 Å². The summed E-state index contributed by atoms with van der Waals surface area (Å²) in [5.74, 6) is 0.514. The Labute approximate surface area is 236 Å². The first-order chi connectivity index (χ1) is 19.2. The van der Waals surface area contributed by atoms with E-state index < -0.39 is 17.7 Å². The monoisotopic (exact) mass is 567 g/mol. The van der Waals surface area contributed by atoms with Gasteiger partial charge in [0, 0.05) is 28.9 Å². The van der Waals surface area contributed by atoms with Crippen LogP contribution < -0.4 is 9.47 Å². The number of methoxy groups -OCH3 is 2. The quantitative estimate of drug-likeness (QED) is 0.289. The molecule has 0 unspecified atom stereocenters. The predicted octanol–water partition coefficient (Wildman–Crippen LogP) is 4.77. The molecule has 1 N–H and O–H groups in total. The summed E-state index contributed by atoms with van der Waals surface area (Å²) in [5, 5.41) is 21.9. The van der Waals surface area contributed by atoms with Crippen molar-refractivity contribution in [3.05, 3.63) is 82.4 Å². The van der Waals surface area contributed by atoms with Crippen LogP contribution >= 0.6 is 11.6 Å². The third-order valence-electron chi connectivity index (χ3n) is 6.94. The van der Waals surface area contributed by atoms with E-state index in [1.165, 1.54) is 13.8 Å². The lowest BCUT2D eigenvalue weighted by atomic mass is 9.98. The smallest absolute Gasteiger partial charge is 0.335 e. The summed E-state index contributed by atoms with van der Waals surface area (Å²) in [7, 11) is 3.20. The Bertz CT molecular complexity index is 1520. The number of para-hydroxylation sites is 1. The molecule has 2 aromatic carbocycles. The zero-order valence-corrected chi connectivity index (χ0v) is 23.3. The number of hydrogen-bond acceptors (Lipinski definition) is 8. The zero-order chi connectivity index (χ0) is 28.4. The Balaban J connectivity index is 1.49. The van der Waals surface area contributed by atoms with E-state index in [-0.39, 0.29) is 12.7 Å². The van der Waals surface area contributed by atoms with Crippen molar-refractivity contribution in [1.82, 2.24) is 24.8 Å². The molecule has 11 nitrogen and oxygen atoms in total. The fraction of sp³-hybridized carbons (Fsp3) is 0.357. The average Bonchev–Trinajstić information content (AvgIpc) is 3.59. The maximum atomic E-state index is 11.4. The number of hydrogen-bond donors (Lipinski definition) is 1. The van der Waals surface area contributed by atoms with Crippen LogP contribution in [-0.2, 0) is 27.4 Å². The number of aryl methyl sites for hydroxylation is 1. The van der Waals surface area contributed by atoms with Crippen LogP contribution in [0.2, 0.25) is 5.02 Å². The van der Waals surface area contributed by atoms with Crippen LogP contribution in [0.1, 0.15) is 55.1 Å². The molecule has 4 aromatic rings. The van der Waals surface area contributed by atoms with Crippen LogP contribution in [0, 0.1) is 0 Å². The largest absolute Gasteiger partial charge is 0.493 e. The van der Waals surface area contributed by atoms with E-state index in [9.17, 15) is 9.90 Å². The summed E-state index contributed by atoms with van der Waals surface area (Å²) in [6.45, 7) is 3.30. The molecule has 0 spiro atoms. The molecule has 1 aliphatic rings. The minimum Gasteiger partial charge on any atom is -0.493 e. The fourth-order valence-electron chi connectivity index (χ4n) is 4.76. The molecule has 0 amide bonds. The number of tetrazole rings is 1. The molecule has 0 saturated heterocycles. The predicted molar refractivity (Wildman–Crippen MR) is 145 cm³/mol. The molecule has 0 radical (unpaired) electrons. The van der Waals surface area contributed by atoms with Crippen molar-refractivity contribution in [3.63, 3.8) is 0 Å². The van der Waals surface area contributed by atoms with E-state index in [4.69, 9.17) is 30.5 Å². The zero-order valence-electron chi connectivity index (χ0n) is 22.6. The van der Waals surface area contributed by atoms with E-state index >= 15 is 0 Å². The standard InChI is InChI=1S/C28H30ClN5O6/c1-28(2,27(35)36)39-16-24-30-31-32-34(24)14-12-22-21-8-6-13-33(21)20-11-10-17(29)15-19(20)25(40-22)18-7-5-9-23(37-3)26(18)38-4/h5-11,13,15,22,25H,12,14,16H2,1-4H3,(H,35,36)/t22-,25-/m1/s1. The van der Waals surface area contributed by atoms with Crippen LogP contribution in [0.4, 0.5) is 0 Å². The highest BCUT2D eigenvalue weighted by molar-refractivity contribution is 6.30. The van der Waals surface area contributed by atoms with E-state index in [1.54, 1.807) is 18.9 Å².